The summed E-state index contributed by atoms with van der Waals surface area (Å²) in [5.41, 5.74) is 2.61. The normalized spacial score (nSPS) is 43.9. The van der Waals surface area contributed by atoms with E-state index in [0.717, 1.165) is 5.01 Å². The molecule has 0 radical (unpaired) electrons. The van der Waals surface area contributed by atoms with E-state index < -0.39 is 0 Å². The van der Waals surface area contributed by atoms with Crippen LogP contribution in [0.15, 0.2) is 12.2 Å². The minimum absolute atomic E-state index is 0.167. The fraction of sp³-hybridized carbons (Fsp3) is 0.556. The van der Waals surface area contributed by atoms with Crippen LogP contribution in [0.25, 0.3) is 0 Å². The molecule has 2 fully saturated rings. The molecule has 3 aliphatic heterocycles. The van der Waals surface area contributed by atoms with E-state index >= 15 is 0 Å². The second kappa shape index (κ2) is 2.43. The molecule has 2 saturated heterocycles. The summed E-state index contributed by atoms with van der Waals surface area (Å²) in [5, 5.41) is 1.10. The number of rotatable bonds is 1. The van der Waals surface area contributed by atoms with Gasteiger partial charge in [-0.05, 0) is 0 Å². The Morgan fingerprint density at radius 1 is 1.21 bits per heavy atom. The van der Waals surface area contributed by atoms with Gasteiger partial charge in [0.1, 0.15) is 0 Å². The van der Waals surface area contributed by atoms with E-state index in [1.165, 1.54) is 0 Å². The van der Waals surface area contributed by atoms with Gasteiger partial charge in [-0.15, -0.1) is 0 Å². The fourth-order valence-electron chi connectivity index (χ4n) is 2.52. The average molecular weight is 194 g/mol. The molecule has 0 saturated carbocycles. The number of hydrazine groups is 1. The van der Waals surface area contributed by atoms with Gasteiger partial charge in [0.2, 0.25) is 0 Å². The van der Waals surface area contributed by atoms with Crippen molar-refractivity contribution in [1.82, 2.24) is 10.4 Å². The molecule has 3 rings (SSSR count). The summed E-state index contributed by atoms with van der Waals surface area (Å²) in [5.74, 6) is -0.936. The lowest BCUT2D eigenvalue weighted by atomic mass is 9.85. The number of nitrogens with one attached hydrogen (secondary N) is 1. The number of hydrogen-bond acceptors (Lipinski definition) is 4. The summed E-state index contributed by atoms with van der Waals surface area (Å²) in [6.45, 7) is 0. The van der Waals surface area contributed by atoms with E-state index in [0.29, 0.717) is 0 Å². The van der Waals surface area contributed by atoms with Crippen LogP contribution in [0, 0.1) is 11.8 Å². The third kappa shape index (κ3) is 0.726. The number of hydrogen-bond donors (Lipinski definition) is 1. The highest BCUT2D eigenvalue weighted by atomic mass is 16.5. The van der Waals surface area contributed by atoms with Gasteiger partial charge in [0.25, 0.3) is 11.8 Å². The average Bonchev–Trinajstić information content (AvgIpc) is 2.80. The smallest absolute Gasteiger partial charge is 0.250 e. The van der Waals surface area contributed by atoms with Crippen molar-refractivity contribution in [3.8, 4) is 0 Å². The molecular weight excluding hydrogens is 184 g/mol. The third-order valence-corrected chi connectivity index (χ3v) is 3.13. The first-order valence-electron chi connectivity index (χ1n) is 4.63. The summed E-state index contributed by atoms with van der Waals surface area (Å²) in [4.78, 5) is 23.5. The van der Waals surface area contributed by atoms with Crippen LogP contribution >= 0.6 is 0 Å². The van der Waals surface area contributed by atoms with Crippen LogP contribution in [0.2, 0.25) is 0 Å². The predicted molar refractivity (Wildman–Crippen MR) is 45.7 cm³/mol. The fourth-order valence-corrected chi connectivity index (χ4v) is 2.52. The van der Waals surface area contributed by atoms with Crippen LogP contribution in [0.5, 0.6) is 0 Å². The number of carbonyl (C=O) groups is 2. The molecular formula is C9H10N2O3. The number of imide groups is 1. The van der Waals surface area contributed by atoms with Gasteiger partial charge in [0, 0.05) is 7.05 Å². The van der Waals surface area contributed by atoms with E-state index in [1.807, 2.05) is 12.2 Å². The summed E-state index contributed by atoms with van der Waals surface area (Å²) in [6.07, 6.45) is 3.35. The zero-order valence-corrected chi connectivity index (χ0v) is 7.64. The quantitative estimate of drug-likeness (QED) is 0.432. The van der Waals surface area contributed by atoms with Gasteiger partial charge in [-0.2, -0.15) is 0 Å². The molecule has 0 aromatic carbocycles. The van der Waals surface area contributed by atoms with Gasteiger partial charge >= 0.3 is 0 Å². The Bertz CT molecular complexity index is 322. The molecule has 0 aliphatic carbocycles. The van der Waals surface area contributed by atoms with E-state index in [4.69, 9.17) is 4.74 Å². The van der Waals surface area contributed by atoms with Crippen LogP contribution in [-0.2, 0) is 14.3 Å². The lowest BCUT2D eigenvalue weighted by Crippen LogP contribution is -2.42. The van der Waals surface area contributed by atoms with Crippen LogP contribution in [-0.4, -0.2) is 36.1 Å². The number of amides is 2. The molecule has 1 N–H and O–H groups in total. The number of ether oxygens (including phenoxy) is 1. The van der Waals surface area contributed by atoms with E-state index in [1.54, 1.807) is 7.05 Å². The van der Waals surface area contributed by atoms with E-state index in [9.17, 15) is 9.59 Å². The zero-order chi connectivity index (χ0) is 9.87. The monoisotopic (exact) mass is 194 g/mol. The van der Waals surface area contributed by atoms with Crippen molar-refractivity contribution >= 4 is 11.8 Å². The first kappa shape index (κ1) is 8.14. The predicted octanol–water partition coefficient (Wildman–Crippen LogP) is -0.941. The molecule has 4 atom stereocenters. The molecule has 0 spiro atoms. The standard InChI is InChI=1S/C9H10N2O3/c1-10-11-8(12)6-4-2-3-5(14-4)7(6)9(11)13/h2-7,10H,1H3. The second-order valence-electron chi connectivity index (χ2n) is 3.74. The Balaban J connectivity index is 2.02. The van der Waals surface area contributed by atoms with Gasteiger partial charge in [0.15, 0.2) is 0 Å². The second-order valence-corrected chi connectivity index (χ2v) is 3.74. The summed E-state index contributed by atoms with van der Waals surface area (Å²) in [6, 6.07) is 0. The summed E-state index contributed by atoms with van der Waals surface area (Å²) in [7, 11) is 1.58. The molecule has 74 valence electrons. The molecule has 0 aromatic rings. The van der Waals surface area contributed by atoms with Crippen LogP contribution < -0.4 is 5.43 Å². The number of fused-ring (bicyclic) bond motifs is 5. The van der Waals surface area contributed by atoms with E-state index in [2.05, 4.69) is 5.43 Å². The van der Waals surface area contributed by atoms with Crippen molar-refractivity contribution in [2.45, 2.75) is 12.2 Å². The van der Waals surface area contributed by atoms with Crippen LogP contribution in [0.4, 0.5) is 0 Å². The number of carbonyl (C=O) groups excluding carboxylic acids is 2. The van der Waals surface area contributed by atoms with Gasteiger partial charge in [-0.3, -0.25) is 9.59 Å². The summed E-state index contributed by atoms with van der Waals surface area (Å²) >= 11 is 0. The molecule has 2 bridgehead atoms. The first-order valence-corrected chi connectivity index (χ1v) is 4.63. The van der Waals surface area contributed by atoms with E-state index in [-0.39, 0.29) is 35.9 Å². The van der Waals surface area contributed by atoms with Crippen LogP contribution in [0.1, 0.15) is 0 Å². The Morgan fingerprint density at radius 3 is 2.14 bits per heavy atom. The first-order chi connectivity index (χ1) is 6.74. The molecule has 14 heavy (non-hydrogen) atoms. The Kier molecular flexibility index (Phi) is 1.41. The largest absolute Gasteiger partial charge is 0.365 e. The van der Waals surface area contributed by atoms with Crippen LogP contribution in [0.3, 0.4) is 0 Å². The van der Waals surface area contributed by atoms with Gasteiger partial charge in [-0.1, -0.05) is 12.2 Å². The SMILES string of the molecule is CNN1C(=O)C2C3C=CC(O3)C2C1=O. The lowest BCUT2D eigenvalue weighted by molar-refractivity contribution is -0.145. The van der Waals surface area contributed by atoms with Gasteiger partial charge < -0.3 is 4.74 Å². The topological polar surface area (TPSA) is 58.6 Å². The Hall–Kier alpha value is -1.20. The minimum Gasteiger partial charge on any atom is -0.365 e. The maximum absolute atomic E-state index is 11.7. The van der Waals surface area contributed by atoms with Crippen molar-refractivity contribution in [2.75, 3.05) is 7.05 Å². The summed E-state index contributed by atoms with van der Waals surface area (Å²) < 4.78 is 5.47. The molecule has 0 aromatic heterocycles. The van der Waals surface area contributed by atoms with Crippen molar-refractivity contribution in [1.29, 1.82) is 0 Å². The molecule has 3 heterocycles. The van der Waals surface area contributed by atoms with Crippen molar-refractivity contribution < 1.29 is 14.3 Å². The Labute approximate surface area is 80.7 Å². The lowest BCUT2D eigenvalue weighted by Gasteiger charge is -2.15. The maximum atomic E-state index is 11.7. The molecule has 2 amide bonds. The minimum atomic E-state index is -0.301. The zero-order valence-electron chi connectivity index (χ0n) is 7.64. The van der Waals surface area contributed by atoms with Crippen molar-refractivity contribution in [2.24, 2.45) is 11.8 Å². The third-order valence-electron chi connectivity index (χ3n) is 3.13. The van der Waals surface area contributed by atoms with Gasteiger partial charge in [-0.25, -0.2) is 10.4 Å². The van der Waals surface area contributed by atoms with Crippen molar-refractivity contribution in [3.63, 3.8) is 0 Å². The molecule has 5 heteroatoms. The Morgan fingerprint density at radius 2 is 1.71 bits per heavy atom. The molecule has 3 aliphatic rings. The molecule has 5 nitrogen and oxygen atoms in total. The maximum Gasteiger partial charge on any atom is 0.250 e. The highest BCUT2D eigenvalue weighted by Gasteiger charge is 2.60. The highest BCUT2D eigenvalue weighted by molar-refractivity contribution is 6.06. The number of nitrogens with zero attached hydrogens (tertiary/aromatic N) is 1. The molecule has 4 unspecified atom stereocenters. The van der Waals surface area contributed by atoms with Crippen molar-refractivity contribution in [3.05, 3.63) is 12.2 Å². The van der Waals surface area contributed by atoms with Gasteiger partial charge in [0.05, 0.1) is 24.0 Å². The highest BCUT2D eigenvalue weighted by Crippen LogP contribution is 2.44.